The average Bonchev–Trinajstić information content (AvgIpc) is 3.00. The van der Waals surface area contributed by atoms with E-state index in [0.717, 1.165) is 16.9 Å². The second kappa shape index (κ2) is 8.43. The van der Waals surface area contributed by atoms with Crippen molar-refractivity contribution in [1.29, 1.82) is 0 Å². The molecule has 9 heteroatoms. The van der Waals surface area contributed by atoms with Gasteiger partial charge in [-0.05, 0) is 31.0 Å². The van der Waals surface area contributed by atoms with Crippen LogP contribution in [0, 0.1) is 17.0 Å². The van der Waals surface area contributed by atoms with Crippen molar-refractivity contribution in [3.05, 3.63) is 49.7 Å². The number of carbonyl (C=O) groups excluding carboxylic acids is 2. The summed E-state index contributed by atoms with van der Waals surface area (Å²) in [7, 11) is 1.38. The van der Waals surface area contributed by atoms with E-state index in [1.807, 2.05) is 13.8 Å². The second-order valence-electron chi connectivity index (χ2n) is 5.31. The van der Waals surface area contributed by atoms with Crippen LogP contribution in [-0.4, -0.2) is 30.5 Å². The van der Waals surface area contributed by atoms with Gasteiger partial charge in [0.2, 0.25) is 0 Å². The molecular formula is C17H18N2O6S. The van der Waals surface area contributed by atoms with Crippen LogP contribution in [0.25, 0.3) is 0 Å². The first-order valence-electron chi connectivity index (χ1n) is 7.74. The molecule has 138 valence electrons. The molecule has 0 unspecified atom stereocenters. The van der Waals surface area contributed by atoms with E-state index in [9.17, 15) is 19.7 Å². The van der Waals surface area contributed by atoms with Gasteiger partial charge >= 0.3 is 5.97 Å². The molecular weight excluding hydrogens is 360 g/mol. The number of amides is 1. The molecule has 1 N–H and O–H groups in total. The van der Waals surface area contributed by atoms with Gasteiger partial charge in [-0.15, -0.1) is 11.3 Å². The molecule has 0 saturated carbocycles. The molecule has 1 amide bonds. The number of rotatable bonds is 7. The Kier molecular flexibility index (Phi) is 6.29. The summed E-state index contributed by atoms with van der Waals surface area (Å²) in [4.78, 5) is 35.8. The Morgan fingerprint density at radius 2 is 2.04 bits per heavy atom. The first-order chi connectivity index (χ1) is 12.3. The number of nitro benzene ring substituents is 1. The molecule has 0 aliphatic heterocycles. The normalized spacial score (nSPS) is 10.3. The Balaban J connectivity index is 2.01. The Hall–Kier alpha value is -2.94. The lowest BCUT2D eigenvalue weighted by Crippen LogP contribution is -2.21. The molecule has 0 aliphatic carbocycles. The molecule has 1 aromatic carbocycles. The highest BCUT2D eigenvalue weighted by atomic mass is 32.1. The van der Waals surface area contributed by atoms with Gasteiger partial charge in [0.15, 0.2) is 6.61 Å². The van der Waals surface area contributed by atoms with E-state index >= 15 is 0 Å². The van der Waals surface area contributed by atoms with Crippen LogP contribution in [0.4, 0.5) is 11.4 Å². The lowest BCUT2D eigenvalue weighted by atomic mass is 10.2. The van der Waals surface area contributed by atoms with Gasteiger partial charge in [-0.3, -0.25) is 14.9 Å². The maximum absolute atomic E-state index is 12.0. The van der Waals surface area contributed by atoms with Crippen LogP contribution in [0.5, 0.6) is 5.75 Å². The fourth-order valence-corrected chi connectivity index (χ4v) is 3.27. The maximum Gasteiger partial charge on any atom is 0.348 e. The van der Waals surface area contributed by atoms with E-state index in [1.54, 1.807) is 6.07 Å². The highest BCUT2D eigenvalue weighted by Gasteiger charge is 2.17. The van der Waals surface area contributed by atoms with Gasteiger partial charge < -0.3 is 14.8 Å². The molecule has 2 aromatic rings. The Morgan fingerprint density at radius 1 is 1.31 bits per heavy atom. The third-order valence-corrected chi connectivity index (χ3v) is 4.68. The summed E-state index contributed by atoms with van der Waals surface area (Å²) < 4.78 is 10.1. The number of nitrogens with zero attached hydrogens (tertiary/aromatic N) is 1. The number of benzene rings is 1. The zero-order valence-electron chi connectivity index (χ0n) is 14.5. The van der Waals surface area contributed by atoms with Gasteiger partial charge in [0.25, 0.3) is 11.6 Å². The lowest BCUT2D eigenvalue weighted by Gasteiger charge is -2.10. The summed E-state index contributed by atoms with van der Waals surface area (Å²) in [6, 6.07) is 5.57. The van der Waals surface area contributed by atoms with Crippen LogP contribution >= 0.6 is 11.3 Å². The number of carbonyl (C=O) groups is 2. The van der Waals surface area contributed by atoms with Crippen LogP contribution < -0.4 is 10.1 Å². The average molecular weight is 378 g/mol. The Bertz CT molecular complexity index is 846. The second-order valence-corrected chi connectivity index (χ2v) is 6.57. The molecule has 2 rings (SSSR count). The van der Waals surface area contributed by atoms with Gasteiger partial charge in [0.05, 0.1) is 17.7 Å². The van der Waals surface area contributed by atoms with Crippen molar-refractivity contribution in [2.75, 3.05) is 19.0 Å². The molecule has 26 heavy (non-hydrogen) atoms. The number of anilines is 1. The van der Waals surface area contributed by atoms with Crippen molar-refractivity contribution in [3.63, 3.8) is 0 Å². The van der Waals surface area contributed by atoms with Crippen LogP contribution in [0.3, 0.4) is 0 Å². The topological polar surface area (TPSA) is 108 Å². The van der Waals surface area contributed by atoms with Gasteiger partial charge in [0.1, 0.15) is 10.6 Å². The summed E-state index contributed by atoms with van der Waals surface area (Å²) in [6.45, 7) is 3.40. The van der Waals surface area contributed by atoms with Crippen molar-refractivity contribution >= 4 is 34.6 Å². The van der Waals surface area contributed by atoms with E-state index in [0.29, 0.717) is 4.88 Å². The van der Waals surface area contributed by atoms with Crippen LogP contribution in [0.15, 0.2) is 24.3 Å². The molecule has 8 nitrogen and oxygen atoms in total. The molecule has 0 radical (unpaired) electrons. The highest BCUT2D eigenvalue weighted by molar-refractivity contribution is 7.14. The smallest absolute Gasteiger partial charge is 0.348 e. The minimum Gasteiger partial charge on any atom is -0.495 e. The first-order valence-corrected chi connectivity index (χ1v) is 8.56. The SMILES string of the molecule is CCc1cc(C(=O)OCC(=O)Nc2cc([N+](=O)[O-])ccc2OC)sc1C. The van der Waals surface area contributed by atoms with Crippen molar-refractivity contribution < 1.29 is 24.0 Å². The predicted octanol–water partition coefficient (Wildman–Crippen LogP) is 3.33. The molecule has 0 aliphatic rings. The molecule has 0 spiro atoms. The summed E-state index contributed by atoms with van der Waals surface area (Å²) in [5.41, 5.74) is 0.995. The predicted molar refractivity (Wildman–Crippen MR) is 97.0 cm³/mol. The minimum atomic E-state index is -0.624. The summed E-state index contributed by atoms with van der Waals surface area (Å²) >= 11 is 1.31. The number of non-ortho nitro benzene ring substituents is 1. The van der Waals surface area contributed by atoms with Crippen molar-refractivity contribution in [3.8, 4) is 5.75 Å². The number of methoxy groups -OCH3 is 1. The van der Waals surface area contributed by atoms with Gasteiger partial charge in [-0.25, -0.2) is 4.79 Å². The monoisotopic (exact) mass is 378 g/mol. The van der Waals surface area contributed by atoms with E-state index in [1.165, 1.54) is 36.6 Å². The standard InChI is InChI=1S/C17H18N2O6S/c1-4-11-7-15(26-10(11)2)17(21)25-9-16(20)18-13-8-12(19(22)23)5-6-14(13)24-3/h5-8H,4,9H2,1-3H3,(H,18,20). The number of nitrogens with one attached hydrogen (secondary N) is 1. The highest BCUT2D eigenvalue weighted by Crippen LogP contribution is 2.29. The molecule has 0 fully saturated rings. The van der Waals surface area contributed by atoms with Crippen molar-refractivity contribution in [1.82, 2.24) is 0 Å². The summed E-state index contributed by atoms with van der Waals surface area (Å²) in [6.07, 6.45) is 0.808. The molecule has 1 aromatic heterocycles. The quantitative estimate of drug-likeness (QED) is 0.450. The van der Waals surface area contributed by atoms with Crippen molar-refractivity contribution in [2.45, 2.75) is 20.3 Å². The minimum absolute atomic E-state index is 0.128. The third-order valence-electron chi connectivity index (χ3n) is 3.60. The van der Waals surface area contributed by atoms with E-state index in [2.05, 4.69) is 5.32 Å². The number of ether oxygens (including phenoxy) is 2. The van der Waals surface area contributed by atoms with Gasteiger partial charge in [0, 0.05) is 17.0 Å². The fourth-order valence-electron chi connectivity index (χ4n) is 2.27. The number of aryl methyl sites for hydroxylation is 2. The van der Waals surface area contributed by atoms with E-state index in [4.69, 9.17) is 9.47 Å². The molecule has 0 saturated heterocycles. The van der Waals surface area contributed by atoms with Crippen molar-refractivity contribution in [2.24, 2.45) is 0 Å². The number of thiophene rings is 1. The lowest BCUT2D eigenvalue weighted by molar-refractivity contribution is -0.384. The zero-order valence-corrected chi connectivity index (χ0v) is 15.3. The van der Waals surface area contributed by atoms with Crippen LogP contribution in [0.1, 0.15) is 27.0 Å². The van der Waals surface area contributed by atoms with Crippen LogP contribution in [0.2, 0.25) is 0 Å². The third kappa shape index (κ3) is 4.57. The number of nitro groups is 1. The summed E-state index contributed by atoms with van der Waals surface area (Å²) in [5, 5.41) is 13.3. The number of hydrogen-bond acceptors (Lipinski definition) is 7. The Morgan fingerprint density at radius 3 is 2.62 bits per heavy atom. The van der Waals surface area contributed by atoms with E-state index < -0.39 is 23.4 Å². The van der Waals surface area contributed by atoms with Gasteiger partial charge in [-0.1, -0.05) is 6.92 Å². The summed E-state index contributed by atoms with van der Waals surface area (Å²) in [5.74, 6) is -0.947. The number of hydrogen-bond donors (Lipinski definition) is 1. The molecule has 0 atom stereocenters. The fraction of sp³-hybridized carbons (Fsp3) is 0.294. The van der Waals surface area contributed by atoms with Crippen LogP contribution in [-0.2, 0) is 16.0 Å². The first kappa shape index (κ1) is 19.4. The zero-order chi connectivity index (χ0) is 19.3. The maximum atomic E-state index is 12.0. The Labute approximate surface area is 153 Å². The van der Waals surface area contributed by atoms with Gasteiger partial charge in [-0.2, -0.15) is 0 Å². The molecule has 0 bridgehead atoms. The van der Waals surface area contributed by atoms with E-state index in [-0.39, 0.29) is 17.1 Å². The molecule has 1 heterocycles. The number of esters is 1. The largest absolute Gasteiger partial charge is 0.495 e.